The van der Waals surface area contributed by atoms with Crippen LogP contribution in [0.2, 0.25) is 0 Å². The predicted molar refractivity (Wildman–Crippen MR) is 126 cm³/mol. The Hall–Kier alpha value is -0.570. The van der Waals surface area contributed by atoms with Crippen molar-refractivity contribution in [2.75, 3.05) is 45.8 Å². The first-order valence-electron chi connectivity index (χ1n) is 10.4. The highest BCUT2D eigenvalue weighted by Gasteiger charge is 2.30. The molecular formula is C20H42IN5O. The van der Waals surface area contributed by atoms with Crippen molar-refractivity contribution in [3.05, 3.63) is 0 Å². The summed E-state index contributed by atoms with van der Waals surface area (Å²) in [5.74, 6) is 1.77. The van der Waals surface area contributed by atoms with Crippen LogP contribution in [0.15, 0.2) is 4.99 Å². The van der Waals surface area contributed by atoms with Gasteiger partial charge >= 0.3 is 0 Å². The van der Waals surface area contributed by atoms with Crippen LogP contribution in [0.5, 0.6) is 0 Å². The zero-order valence-corrected chi connectivity index (χ0v) is 20.6. The van der Waals surface area contributed by atoms with Gasteiger partial charge in [-0.15, -0.1) is 24.0 Å². The summed E-state index contributed by atoms with van der Waals surface area (Å²) in [4.78, 5) is 21.3. The van der Waals surface area contributed by atoms with Crippen molar-refractivity contribution < 1.29 is 4.79 Å². The van der Waals surface area contributed by atoms with Crippen LogP contribution < -0.4 is 10.6 Å². The summed E-state index contributed by atoms with van der Waals surface area (Å²) in [6.45, 7) is 19.0. The monoisotopic (exact) mass is 495 g/mol. The van der Waals surface area contributed by atoms with Crippen LogP contribution in [0.1, 0.15) is 60.8 Å². The maximum absolute atomic E-state index is 12.1. The lowest BCUT2D eigenvalue weighted by molar-refractivity contribution is -0.130. The van der Waals surface area contributed by atoms with E-state index in [1.54, 1.807) is 0 Å². The van der Waals surface area contributed by atoms with Crippen LogP contribution in [0.4, 0.5) is 0 Å². The summed E-state index contributed by atoms with van der Waals surface area (Å²) < 4.78 is 0. The minimum absolute atomic E-state index is 0. The minimum Gasteiger partial charge on any atom is -0.357 e. The van der Waals surface area contributed by atoms with Crippen LogP contribution in [0, 0.1) is 5.92 Å². The lowest BCUT2D eigenvalue weighted by Crippen LogP contribution is -2.51. The Kier molecular flexibility index (Phi) is 13.3. The van der Waals surface area contributed by atoms with Crippen LogP contribution in [-0.2, 0) is 4.79 Å². The maximum atomic E-state index is 12.1. The summed E-state index contributed by atoms with van der Waals surface area (Å²) in [5, 5.41) is 6.61. The second kappa shape index (κ2) is 13.6. The summed E-state index contributed by atoms with van der Waals surface area (Å²) in [7, 11) is 0. The molecule has 1 aliphatic heterocycles. The number of carbonyl (C=O) groups is 1. The number of nitrogens with zero attached hydrogens (tertiary/aromatic N) is 3. The number of carbonyl (C=O) groups excluding carboxylic acids is 1. The average molecular weight is 495 g/mol. The molecule has 1 heterocycles. The molecule has 0 radical (unpaired) electrons. The van der Waals surface area contributed by atoms with Crippen molar-refractivity contribution in [3.8, 4) is 0 Å². The number of aliphatic imine (C=N–C) groups is 1. The SMILES string of the molecule is CCNC(=NCC(C)(C)N1CCCC(C)C1)NCCC(=O)N(CC)CC.I. The summed E-state index contributed by atoms with van der Waals surface area (Å²) in [5.41, 5.74) is 0.0497. The van der Waals surface area contributed by atoms with Crippen molar-refractivity contribution in [1.82, 2.24) is 20.4 Å². The van der Waals surface area contributed by atoms with Gasteiger partial charge in [0, 0.05) is 44.7 Å². The fourth-order valence-electron chi connectivity index (χ4n) is 3.48. The lowest BCUT2D eigenvalue weighted by atomic mass is 9.94. The molecule has 6 nitrogen and oxygen atoms in total. The van der Waals surface area contributed by atoms with Gasteiger partial charge in [0.15, 0.2) is 5.96 Å². The molecule has 1 fully saturated rings. The molecule has 2 N–H and O–H groups in total. The molecule has 0 saturated carbocycles. The lowest BCUT2D eigenvalue weighted by Gasteiger charge is -2.42. The third-order valence-electron chi connectivity index (χ3n) is 5.23. The predicted octanol–water partition coefficient (Wildman–Crippen LogP) is 2.93. The molecule has 1 unspecified atom stereocenters. The number of piperidine rings is 1. The molecule has 0 bridgehead atoms. The molecule has 27 heavy (non-hydrogen) atoms. The number of likely N-dealkylation sites (tertiary alicyclic amines) is 1. The number of hydrogen-bond donors (Lipinski definition) is 2. The fourth-order valence-corrected chi connectivity index (χ4v) is 3.48. The van der Waals surface area contributed by atoms with Gasteiger partial charge in [-0.2, -0.15) is 0 Å². The van der Waals surface area contributed by atoms with Crippen LogP contribution in [0.3, 0.4) is 0 Å². The Morgan fingerprint density at radius 1 is 1.22 bits per heavy atom. The molecule has 0 aromatic heterocycles. The van der Waals surface area contributed by atoms with Crippen molar-refractivity contribution in [2.45, 2.75) is 66.3 Å². The van der Waals surface area contributed by atoms with Crippen molar-refractivity contribution in [2.24, 2.45) is 10.9 Å². The smallest absolute Gasteiger partial charge is 0.224 e. The molecule has 1 saturated heterocycles. The molecule has 0 aliphatic carbocycles. The van der Waals surface area contributed by atoms with E-state index in [1.807, 2.05) is 18.7 Å². The highest BCUT2D eigenvalue weighted by atomic mass is 127. The van der Waals surface area contributed by atoms with E-state index in [9.17, 15) is 4.79 Å². The molecule has 1 amide bonds. The molecule has 1 rings (SSSR count). The van der Waals surface area contributed by atoms with E-state index in [-0.39, 0.29) is 35.4 Å². The first-order chi connectivity index (χ1) is 12.3. The number of hydrogen-bond acceptors (Lipinski definition) is 3. The molecule has 160 valence electrons. The Bertz CT molecular complexity index is 452. The second-order valence-corrected chi connectivity index (χ2v) is 7.94. The highest BCUT2D eigenvalue weighted by molar-refractivity contribution is 14.0. The first kappa shape index (κ1) is 26.4. The first-order valence-corrected chi connectivity index (χ1v) is 10.4. The van der Waals surface area contributed by atoms with E-state index < -0.39 is 0 Å². The normalized spacial score (nSPS) is 18.6. The molecule has 0 spiro atoms. The molecule has 7 heteroatoms. The van der Waals surface area contributed by atoms with E-state index in [4.69, 9.17) is 4.99 Å². The number of amides is 1. The van der Waals surface area contributed by atoms with E-state index >= 15 is 0 Å². The van der Waals surface area contributed by atoms with Crippen LogP contribution in [0.25, 0.3) is 0 Å². The minimum atomic E-state index is 0. The summed E-state index contributed by atoms with van der Waals surface area (Å²) in [6.07, 6.45) is 3.11. The average Bonchev–Trinajstić information content (AvgIpc) is 2.61. The Morgan fingerprint density at radius 3 is 2.44 bits per heavy atom. The van der Waals surface area contributed by atoms with Crippen LogP contribution in [-0.4, -0.2) is 73.0 Å². The van der Waals surface area contributed by atoms with Gasteiger partial charge in [0.2, 0.25) is 5.91 Å². The largest absolute Gasteiger partial charge is 0.357 e. The van der Waals surface area contributed by atoms with Crippen molar-refractivity contribution in [1.29, 1.82) is 0 Å². The maximum Gasteiger partial charge on any atom is 0.224 e. The highest BCUT2D eigenvalue weighted by Crippen LogP contribution is 2.24. The van der Waals surface area contributed by atoms with Gasteiger partial charge < -0.3 is 15.5 Å². The molecule has 0 aromatic carbocycles. The van der Waals surface area contributed by atoms with Gasteiger partial charge in [-0.25, -0.2) is 0 Å². The van der Waals surface area contributed by atoms with Crippen LogP contribution >= 0.6 is 24.0 Å². The standard InChI is InChI=1S/C20H41N5O.HI/c1-7-21-19(22-13-12-18(26)24(8-2)9-3)23-16-20(5,6)25-14-10-11-17(4)15-25;/h17H,7-16H2,1-6H3,(H2,21,22,23);1H. The Labute approximate surface area is 183 Å². The summed E-state index contributed by atoms with van der Waals surface area (Å²) >= 11 is 0. The molecular weight excluding hydrogens is 453 g/mol. The third kappa shape index (κ3) is 9.45. The van der Waals surface area contributed by atoms with Crippen molar-refractivity contribution in [3.63, 3.8) is 0 Å². The Morgan fingerprint density at radius 2 is 1.89 bits per heavy atom. The third-order valence-corrected chi connectivity index (χ3v) is 5.23. The summed E-state index contributed by atoms with van der Waals surface area (Å²) in [6, 6.07) is 0. The quantitative estimate of drug-likeness (QED) is 0.294. The van der Waals surface area contributed by atoms with Gasteiger partial charge in [0.25, 0.3) is 0 Å². The molecule has 1 aliphatic rings. The van der Waals surface area contributed by atoms with Gasteiger partial charge in [-0.05, 0) is 59.9 Å². The molecule has 1 atom stereocenters. The second-order valence-electron chi connectivity index (χ2n) is 7.94. The molecule has 0 aromatic rings. The van der Waals surface area contributed by atoms with E-state index in [0.717, 1.165) is 51.1 Å². The number of halogens is 1. The zero-order chi connectivity index (χ0) is 19.6. The van der Waals surface area contributed by atoms with Gasteiger partial charge in [0.1, 0.15) is 0 Å². The van der Waals surface area contributed by atoms with Gasteiger partial charge in [0.05, 0.1) is 6.54 Å². The topological polar surface area (TPSA) is 60.0 Å². The number of nitrogens with one attached hydrogen (secondary N) is 2. The Balaban J connectivity index is 0.00000676. The van der Waals surface area contributed by atoms with Crippen molar-refractivity contribution >= 4 is 35.8 Å². The number of rotatable bonds is 9. The fraction of sp³-hybridized carbons (Fsp3) is 0.900. The van der Waals surface area contributed by atoms with Gasteiger partial charge in [-0.3, -0.25) is 14.7 Å². The number of guanidine groups is 1. The zero-order valence-electron chi connectivity index (χ0n) is 18.3. The van der Waals surface area contributed by atoms with E-state index in [0.29, 0.717) is 13.0 Å². The van der Waals surface area contributed by atoms with E-state index in [1.165, 1.54) is 12.8 Å². The van der Waals surface area contributed by atoms with Gasteiger partial charge in [-0.1, -0.05) is 6.92 Å². The van der Waals surface area contributed by atoms with E-state index in [2.05, 4.69) is 43.2 Å².